The third kappa shape index (κ3) is 1.69. The van der Waals surface area contributed by atoms with Gasteiger partial charge in [0.2, 0.25) is 0 Å². The number of nitrogens with zero attached hydrogens (tertiary/aromatic N) is 2. The number of pyridine rings is 1. The van der Waals surface area contributed by atoms with E-state index in [1.54, 1.807) is 6.20 Å². The molecule has 18 heavy (non-hydrogen) atoms. The molecule has 6 heteroatoms. The number of anilines is 1. The molecule has 1 amide bonds. The molecule has 0 saturated carbocycles. The standard InChI is InChI=1S/C12H15N3O3/c16-11(17)15-6-3-12(4-7-15)9-2-1-5-13-10(9)14-8-18-12/h1-2,5H,3-4,6-8H2,(H,13,14)(H,16,17). The minimum absolute atomic E-state index is 0.374. The molecule has 1 fully saturated rings. The highest BCUT2D eigenvalue weighted by Gasteiger charge is 2.42. The molecule has 1 saturated heterocycles. The van der Waals surface area contributed by atoms with E-state index >= 15 is 0 Å². The van der Waals surface area contributed by atoms with Crippen LogP contribution in [-0.2, 0) is 10.3 Å². The topological polar surface area (TPSA) is 74.7 Å². The number of fused-ring (bicyclic) bond motifs is 2. The molecule has 0 aliphatic carbocycles. The van der Waals surface area contributed by atoms with Crippen molar-refractivity contribution in [1.82, 2.24) is 9.88 Å². The van der Waals surface area contributed by atoms with Crippen molar-refractivity contribution in [2.45, 2.75) is 18.4 Å². The SMILES string of the molecule is O=C(O)N1CCC2(CC1)OCNc1ncccc12. The zero-order valence-corrected chi connectivity index (χ0v) is 9.93. The van der Waals surface area contributed by atoms with Crippen LogP contribution in [0.1, 0.15) is 18.4 Å². The molecule has 2 N–H and O–H groups in total. The summed E-state index contributed by atoms with van der Waals surface area (Å²) in [5.74, 6) is 0.854. The maximum Gasteiger partial charge on any atom is 0.407 e. The van der Waals surface area contributed by atoms with Gasteiger partial charge in [0.05, 0.1) is 0 Å². The average Bonchev–Trinajstić information content (AvgIpc) is 2.40. The van der Waals surface area contributed by atoms with Crippen molar-refractivity contribution in [3.63, 3.8) is 0 Å². The second-order valence-electron chi connectivity index (χ2n) is 4.63. The Kier molecular flexibility index (Phi) is 2.59. The predicted molar refractivity (Wildman–Crippen MR) is 64.3 cm³/mol. The van der Waals surface area contributed by atoms with E-state index in [0.29, 0.717) is 32.7 Å². The number of nitrogens with one attached hydrogen (secondary N) is 1. The number of piperidine rings is 1. The molecule has 6 nitrogen and oxygen atoms in total. The smallest absolute Gasteiger partial charge is 0.407 e. The van der Waals surface area contributed by atoms with Gasteiger partial charge in [0.15, 0.2) is 0 Å². The summed E-state index contributed by atoms with van der Waals surface area (Å²) in [6.07, 6.45) is 2.25. The molecule has 0 atom stereocenters. The van der Waals surface area contributed by atoms with E-state index in [9.17, 15) is 4.79 Å². The average molecular weight is 249 g/mol. The highest BCUT2D eigenvalue weighted by atomic mass is 16.5. The maximum atomic E-state index is 10.9. The van der Waals surface area contributed by atoms with Crippen LogP contribution in [0.25, 0.3) is 0 Å². The first-order valence-electron chi connectivity index (χ1n) is 6.02. The summed E-state index contributed by atoms with van der Waals surface area (Å²) in [4.78, 5) is 16.7. The van der Waals surface area contributed by atoms with Crippen LogP contribution in [0, 0.1) is 0 Å². The van der Waals surface area contributed by atoms with Crippen LogP contribution in [0.2, 0.25) is 0 Å². The van der Waals surface area contributed by atoms with Gasteiger partial charge >= 0.3 is 6.09 Å². The molecule has 1 aromatic heterocycles. The molecule has 1 spiro atoms. The van der Waals surface area contributed by atoms with Gasteiger partial charge in [0.1, 0.15) is 18.1 Å². The lowest BCUT2D eigenvalue weighted by Crippen LogP contribution is -2.48. The number of likely N-dealkylation sites (tertiary alicyclic amines) is 1. The van der Waals surface area contributed by atoms with Crippen LogP contribution >= 0.6 is 0 Å². The summed E-state index contributed by atoms with van der Waals surface area (Å²) in [5.41, 5.74) is 0.669. The Labute approximate surface area is 105 Å². The first-order chi connectivity index (χ1) is 8.71. The van der Waals surface area contributed by atoms with E-state index in [2.05, 4.69) is 10.3 Å². The van der Waals surface area contributed by atoms with Crippen LogP contribution in [0.3, 0.4) is 0 Å². The normalized spacial score (nSPS) is 21.2. The van der Waals surface area contributed by atoms with Crippen molar-refractivity contribution < 1.29 is 14.6 Å². The zero-order valence-electron chi connectivity index (χ0n) is 9.93. The second-order valence-corrected chi connectivity index (χ2v) is 4.63. The number of carbonyl (C=O) groups is 1. The Bertz CT molecular complexity index is 469. The van der Waals surface area contributed by atoms with Crippen molar-refractivity contribution in [1.29, 1.82) is 0 Å². The molecule has 0 bridgehead atoms. The van der Waals surface area contributed by atoms with Crippen LogP contribution in [0.15, 0.2) is 18.3 Å². The minimum atomic E-state index is -0.856. The van der Waals surface area contributed by atoms with Crippen LogP contribution in [0.5, 0.6) is 0 Å². The third-order valence-electron chi connectivity index (χ3n) is 3.73. The second kappa shape index (κ2) is 4.13. The van der Waals surface area contributed by atoms with Gasteiger partial charge in [-0.15, -0.1) is 0 Å². The van der Waals surface area contributed by atoms with Crippen molar-refractivity contribution >= 4 is 11.9 Å². The largest absolute Gasteiger partial charge is 0.465 e. The Morgan fingerprint density at radius 3 is 3.00 bits per heavy atom. The summed E-state index contributed by atoms with van der Waals surface area (Å²) in [6.45, 7) is 1.43. The van der Waals surface area contributed by atoms with Crippen LogP contribution < -0.4 is 5.32 Å². The molecule has 0 aromatic carbocycles. The van der Waals surface area contributed by atoms with Gasteiger partial charge < -0.3 is 20.1 Å². The summed E-state index contributed by atoms with van der Waals surface area (Å²) in [5, 5.41) is 12.1. The zero-order chi connectivity index (χ0) is 12.6. The Hall–Kier alpha value is -1.82. The number of amides is 1. The fourth-order valence-corrected chi connectivity index (χ4v) is 2.71. The number of hydrogen-bond acceptors (Lipinski definition) is 4. The summed E-state index contributed by atoms with van der Waals surface area (Å²) < 4.78 is 5.89. The highest BCUT2D eigenvalue weighted by molar-refractivity contribution is 5.65. The van der Waals surface area contributed by atoms with Crippen LogP contribution in [-0.4, -0.2) is 40.9 Å². The van der Waals surface area contributed by atoms with Crippen molar-refractivity contribution in [3.05, 3.63) is 23.9 Å². The molecule has 96 valence electrons. The van der Waals surface area contributed by atoms with E-state index in [-0.39, 0.29) is 5.60 Å². The van der Waals surface area contributed by atoms with Crippen LogP contribution in [0.4, 0.5) is 10.6 Å². The van der Waals surface area contributed by atoms with Gasteiger partial charge in [-0.05, 0) is 18.9 Å². The lowest BCUT2D eigenvalue weighted by Gasteiger charge is -2.43. The van der Waals surface area contributed by atoms with Gasteiger partial charge in [-0.3, -0.25) is 0 Å². The molecule has 3 heterocycles. The molecule has 1 aromatic rings. The number of rotatable bonds is 0. The highest BCUT2D eigenvalue weighted by Crippen LogP contribution is 2.41. The molecule has 0 radical (unpaired) electrons. The molecule has 2 aliphatic rings. The maximum absolute atomic E-state index is 10.9. The number of aromatic nitrogens is 1. The van der Waals surface area contributed by atoms with Gasteiger partial charge in [-0.25, -0.2) is 9.78 Å². The number of ether oxygens (including phenoxy) is 1. The quantitative estimate of drug-likeness (QED) is 0.728. The molecule has 0 unspecified atom stereocenters. The molecular formula is C12H15N3O3. The van der Waals surface area contributed by atoms with E-state index < -0.39 is 6.09 Å². The van der Waals surface area contributed by atoms with Gasteiger partial charge in [0, 0.05) is 24.8 Å². The van der Waals surface area contributed by atoms with E-state index in [0.717, 1.165) is 11.4 Å². The number of carboxylic acid groups (broad SMARTS) is 1. The Morgan fingerprint density at radius 1 is 1.50 bits per heavy atom. The van der Waals surface area contributed by atoms with Crippen molar-refractivity contribution in [2.24, 2.45) is 0 Å². The first kappa shape index (κ1) is 11.3. The lowest BCUT2D eigenvalue weighted by atomic mass is 9.83. The summed E-state index contributed by atoms with van der Waals surface area (Å²) in [7, 11) is 0. The van der Waals surface area contributed by atoms with E-state index in [4.69, 9.17) is 9.84 Å². The van der Waals surface area contributed by atoms with Gasteiger partial charge in [0.25, 0.3) is 0 Å². The predicted octanol–water partition coefficient (Wildman–Crippen LogP) is 1.45. The lowest BCUT2D eigenvalue weighted by molar-refractivity contribution is -0.0848. The Morgan fingerprint density at radius 2 is 2.28 bits per heavy atom. The molecular weight excluding hydrogens is 234 g/mol. The minimum Gasteiger partial charge on any atom is -0.465 e. The summed E-state index contributed by atoms with van der Waals surface area (Å²) in [6, 6.07) is 3.89. The summed E-state index contributed by atoms with van der Waals surface area (Å²) >= 11 is 0. The number of hydrogen-bond donors (Lipinski definition) is 2. The third-order valence-corrected chi connectivity index (χ3v) is 3.73. The van der Waals surface area contributed by atoms with E-state index in [1.807, 2.05) is 12.1 Å². The van der Waals surface area contributed by atoms with Crippen molar-refractivity contribution in [2.75, 3.05) is 25.1 Å². The molecule has 3 rings (SSSR count). The monoisotopic (exact) mass is 249 g/mol. The fraction of sp³-hybridized carbons (Fsp3) is 0.500. The van der Waals surface area contributed by atoms with Crippen molar-refractivity contribution in [3.8, 4) is 0 Å². The Balaban J connectivity index is 1.88. The molecule has 2 aliphatic heterocycles. The van der Waals surface area contributed by atoms with Gasteiger partial charge in [-0.1, -0.05) is 6.07 Å². The van der Waals surface area contributed by atoms with E-state index in [1.165, 1.54) is 4.90 Å². The van der Waals surface area contributed by atoms with Gasteiger partial charge in [-0.2, -0.15) is 0 Å². The first-order valence-corrected chi connectivity index (χ1v) is 6.02. The fourth-order valence-electron chi connectivity index (χ4n) is 2.71.